The molecule has 0 saturated heterocycles. The van der Waals surface area contributed by atoms with Crippen molar-refractivity contribution in [1.82, 2.24) is 0 Å². The van der Waals surface area contributed by atoms with Crippen LogP contribution in [0, 0.1) is 0 Å². The number of phenolic OH excluding ortho intramolecular Hbond substituents is 1. The first kappa shape index (κ1) is 20.8. The van der Waals surface area contributed by atoms with E-state index in [4.69, 9.17) is 13.9 Å². The van der Waals surface area contributed by atoms with Gasteiger partial charge in [0.2, 0.25) is 0 Å². The number of hydrogen-bond donors (Lipinski definition) is 1. The summed E-state index contributed by atoms with van der Waals surface area (Å²) < 4.78 is 17.0. The SMILES string of the molecule is COc1cc(O)c(C(C)(C)CCO[Si](C)(C)C(C)(C)C)c(OC)c1. The first-order chi connectivity index (χ1) is 10.9. The van der Waals surface area contributed by atoms with Crippen molar-refractivity contribution in [1.29, 1.82) is 0 Å². The molecule has 0 spiro atoms. The Morgan fingerprint density at radius 3 is 2.04 bits per heavy atom. The number of benzene rings is 1. The fraction of sp³-hybridized carbons (Fsp3) is 0.684. The van der Waals surface area contributed by atoms with Gasteiger partial charge in [-0.25, -0.2) is 0 Å². The molecule has 138 valence electrons. The highest BCUT2D eigenvalue weighted by atomic mass is 28.4. The minimum Gasteiger partial charge on any atom is -0.507 e. The monoisotopic (exact) mass is 354 g/mol. The smallest absolute Gasteiger partial charge is 0.191 e. The summed E-state index contributed by atoms with van der Waals surface area (Å²) >= 11 is 0. The van der Waals surface area contributed by atoms with Gasteiger partial charge in [0.1, 0.15) is 17.2 Å². The molecule has 0 atom stereocenters. The van der Waals surface area contributed by atoms with Crippen molar-refractivity contribution in [2.75, 3.05) is 20.8 Å². The molecule has 5 heteroatoms. The second-order valence-corrected chi connectivity index (χ2v) is 13.3. The quantitative estimate of drug-likeness (QED) is 0.692. The van der Waals surface area contributed by atoms with Crippen LogP contribution in [0.15, 0.2) is 12.1 Å². The molecule has 1 aromatic carbocycles. The highest BCUT2D eigenvalue weighted by molar-refractivity contribution is 6.74. The van der Waals surface area contributed by atoms with Crippen molar-refractivity contribution in [3.8, 4) is 17.2 Å². The molecular formula is C19H34O4Si. The Kier molecular flexibility index (Phi) is 6.39. The van der Waals surface area contributed by atoms with E-state index in [1.165, 1.54) is 0 Å². The molecule has 0 aliphatic rings. The van der Waals surface area contributed by atoms with Crippen LogP contribution < -0.4 is 9.47 Å². The van der Waals surface area contributed by atoms with E-state index >= 15 is 0 Å². The van der Waals surface area contributed by atoms with Crippen LogP contribution in [0.25, 0.3) is 0 Å². The largest absolute Gasteiger partial charge is 0.507 e. The van der Waals surface area contributed by atoms with E-state index in [9.17, 15) is 5.11 Å². The zero-order valence-electron chi connectivity index (χ0n) is 16.7. The molecule has 0 aliphatic carbocycles. The van der Waals surface area contributed by atoms with E-state index in [0.29, 0.717) is 18.1 Å². The summed E-state index contributed by atoms with van der Waals surface area (Å²) in [7, 11) is 1.42. The summed E-state index contributed by atoms with van der Waals surface area (Å²) in [5.74, 6) is 1.43. The zero-order chi connectivity index (χ0) is 18.8. The number of hydrogen-bond acceptors (Lipinski definition) is 4. The maximum Gasteiger partial charge on any atom is 0.191 e. The summed E-state index contributed by atoms with van der Waals surface area (Å²) in [6.45, 7) is 16.1. The molecule has 0 saturated carbocycles. The van der Waals surface area contributed by atoms with E-state index in [1.54, 1.807) is 20.3 Å². The third-order valence-electron chi connectivity index (χ3n) is 5.18. The van der Waals surface area contributed by atoms with Crippen LogP contribution in [0.3, 0.4) is 0 Å². The minimum atomic E-state index is -1.77. The molecule has 4 nitrogen and oxygen atoms in total. The van der Waals surface area contributed by atoms with Gasteiger partial charge >= 0.3 is 0 Å². The summed E-state index contributed by atoms with van der Waals surface area (Å²) in [6.07, 6.45) is 0.801. The first-order valence-electron chi connectivity index (χ1n) is 8.45. The molecule has 0 amide bonds. The molecule has 0 heterocycles. The van der Waals surface area contributed by atoms with Gasteiger partial charge in [-0.1, -0.05) is 34.6 Å². The molecule has 1 rings (SSSR count). The van der Waals surface area contributed by atoms with Gasteiger partial charge in [-0.2, -0.15) is 0 Å². The van der Waals surface area contributed by atoms with Gasteiger partial charge in [-0.05, 0) is 30.0 Å². The van der Waals surface area contributed by atoms with Gasteiger partial charge in [-0.3, -0.25) is 0 Å². The third kappa shape index (κ3) is 4.67. The van der Waals surface area contributed by atoms with Crippen molar-refractivity contribution < 1.29 is 19.0 Å². The Hall–Kier alpha value is -1.20. The molecule has 0 aliphatic heterocycles. The predicted molar refractivity (Wildman–Crippen MR) is 102 cm³/mol. The van der Waals surface area contributed by atoms with Crippen molar-refractivity contribution in [2.24, 2.45) is 0 Å². The van der Waals surface area contributed by atoms with Crippen LogP contribution in [0.1, 0.15) is 46.6 Å². The lowest BCUT2D eigenvalue weighted by molar-refractivity contribution is 0.246. The van der Waals surface area contributed by atoms with Crippen molar-refractivity contribution in [3.63, 3.8) is 0 Å². The predicted octanol–water partition coefficient (Wildman–Crippen LogP) is 5.10. The van der Waals surface area contributed by atoms with E-state index < -0.39 is 8.32 Å². The van der Waals surface area contributed by atoms with Gasteiger partial charge in [0.05, 0.1) is 14.2 Å². The van der Waals surface area contributed by atoms with Crippen LogP contribution in [0.5, 0.6) is 17.2 Å². The summed E-state index contributed by atoms with van der Waals surface area (Å²) in [6, 6.07) is 3.44. The maximum atomic E-state index is 10.5. The lowest BCUT2D eigenvalue weighted by atomic mass is 9.80. The molecular weight excluding hydrogens is 320 g/mol. The molecule has 0 radical (unpaired) electrons. The van der Waals surface area contributed by atoms with Crippen LogP contribution in [-0.4, -0.2) is 34.3 Å². The third-order valence-corrected chi connectivity index (χ3v) is 9.72. The van der Waals surface area contributed by atoms with Crippen LogP contribution in [0.2, 0.25) is 18.1 Å². The molecule has 1 aromatic rings. The van der Waals surface area contributed by atoms with E-state index in [1.807, 2.05) is 6.07 Å². The minimum absolute atomic E-state index is 0.192. The van der Waals surface area contributed by atoms with Gasteiger partial charge in [-0.15, -0.1) is 0 Å². The number of aromatic hydroxyl groups is 1. The van der Waals surface area contributed by atoms with E-state index in [0.717, 1.165) is 12.0 Å². The molecule has 0 aromatic heterocycles. The van der Waals surface area contributed by atoms with E-state index in [-0.39, 0.29) is 16.2 Å². The molecule has 0 unspecified atom stereocenters. The van der Waals surface area contributed by atoms with Crippen LogP contribution in [-0.2, 0) is 9.84 Å². The Balaban J connectivity index is 2.97. The Labute approximate surface area is 148 Å². The zero-order valence-corrected chi connectivity index (χ0v) is 17.7. The Bertz CT molecular complexity index is 559. The normalized spacial score (nSPS) is 13.0. The molecule has 0 bridgehead atoms. The highest BCUT2D eigenvalue weighted by Crippen LogP contribution is 2.43. The first-order valence-corrected chi connectivity index (χ1v) is 11.4. The Morgan fingerprint density at radius 1 is 1.00 bits per heavy atom. The van der Waals surface area contributed by atoms with Crippen molar-refractivity contribution in [2.45, 2.75) is 64.6 Å². The molecule has 1 N–H and O–H groups in total. The highest BCUT2D eigenvalue weighted by Gasteiger charge is 2.38. The van der Waals surface area contributed by atoms with Gasteiger partial charge < -0.3 is 19.0 Å². The van der Waals surface area contributed by atoms with Gasteiger partial charge in [0, 0.05) is 24.3 Å². The van der Waals surface area contributed by atoms with Crippen LogP contribution in [0.4, 0.5) is 0 Å². The lowest BCUT2D eigenvalue weighted by Crippen LogP contribution is -2.41. The average Bonchev–Trinajstić information content (AvgIpc) is 2.44. The number of ether oxygens (including phenoxy) is 2. The number of rotatable bonds is 7. The fourth-order valence-electron chi connectivity index (χ4n) is 2.44. The molecule has 0 fully saturated rings. The van der Waals surface area contributed by atoms with E-state index in [2.05, 4.69) is 47.7 Å². The summed E-state index contributed by atoms with van der Waals surface area (Å²) in [5.41, 5.74) is 0.522. The maximum absolute atomic E-state index is 10.5. The van der Waals surface area contributed by atoms with Gasteiger partial charge in [0.25, 0.3) is 0 Å². The van der Waals surface area contributed by atoms with Crippen molar-refractivity contribution >= 4 is 8.32 Å². The molecule has 24 heavy (non-hydrogen) atoms. The van der Waals surface area contributed by atoms with Crippen LogP contribution >= 0.6 is 0 Å². The Morgan fingerprint density at radius 2 is 1.58 bits per heavy atom. The second kappa shape index (κ2) is 7.36. The standard InChI is InChI=1S/C19H34O4Si/c1-18(2,3)24(8,9)23-11-10-19(4,5)17-15(20)12-14(21-6)13-16(17)22-7/h12-13,20H,10-11H2,1-9H3. The fourth-order valence-corrected chi connectivity index (χ4v) is 3.48. The number of phenols is 1. The average molecular weight is 355 g/mol. The summed E-state index contributed by atoms with van der Waals surface area (Å²) in [4.78, 5) is 0. The second-order valence-electron chi connectivity index (χ2n) is 8.47. The van der Waals surface area contributed by atoms with Gasteiger partial charge in [0.15, 0.2) is 8.32 Å². The lowest BCUT2D eigenvalue weighted by Gasteiger charge is -2.37. The topological polar surface area (TPSA) is 47.9 Å². The van der Waals surface area contributed by atoms with Crippen molar-refractivity contribution in [3.05, 3.63) is 17.7 Å². The summed E-state index contributed by atoms with van der Waals surface area (Å²) in [5, 5.41) is 10.7. The number of methoxy groups -OCH3 is 2.